The number of esters is 1. The van der Waals surface area contributed by atoms with Crippen LogP contribution < -0.4 is 5.32 Å². The Labute approximate surface area is 147 Å². The predicted octanol–water partition coefficient (Wildman–Crippen LogP) is 2.04. The normalized spacial score (nSPS) is 16.6. The van der Waals surface area contributed by atoms with Crippen LogP contribution in [-0.2, 0) is 9.53 Å². The van der Waals surface area contributed by atoms with E-state index in [0.717, 1.165) is 16.9 Å². The smallest absolute Gasteiger partial charge is 0.328 e. The van der Waals surface area contributed by atoms with Crippen LogP contribution in [0.3, 0.4) is 0 Å². The molecule has 1 aliphatic rings. The highest BCUT2D eigenvalue weighted by Gasteiger charge is 2.28. The number of thiophene rings is 1. The number of aromatic nitrogens is 3. The van der Waals surface area contributed by atoms with Gasteiger partial charge >= 0.3 is 5.97 Å². The van der Waals surface area contributed by atoms with E-state index in [4.69, 9.17) is 4.74 Å². The number of benzene rings is 1. The van der Waals surface area contributed by atoms with E-state index >= 15 is 0 Å². The molecule has 7 nitrogen and oxygen atoms in total. The van der Waals surface area contributed by atoms with Crippen molar-refractivity contribution in [3.8, 4) is 16.9 Å². The molecule has 1 saturated heterocycles. The molecule has 126 valence electrons. The molecule has 1 aliphatic heterocycles. The van der Waals surface area contributed by atoms with Gasteiger partial charge in [-0.25, -0.2) is 9.48 Å². The highest BCUT2D eigenvalue weighted by atomic mass is 32.1. The topological polar surface area (TPSA) is 86.1 Å². The quantitative estimate of drug-likeness (QED) is 0.725. The molecule has 3 aromatic rings. The third-order valence-electron chi connectivity index (χ3n) is 3.92. The van der Waals surface area contributed by atoms with Crippen molar-refractivity contribution in [1.29, 1.82) is 0 Å². The maximum atomic E-state index is 12.4. The fourth-order valence-electron chi connectivity index (χ4n) is 2.59. The van der Waals surface area contributed by atoms with Gasteiger partial charge in [0, 0.05) is 22.9 Å². The minimum Gasteiger partial charge on any atom is -0.464 e. The van der Waals surface area contributed by atoms with E-state index in [-0.39, 0.29) is 11.9 Å². The number of hydrogen-bond acceptors (Lipinski definition) is 6. The first-order valence-corrected chi connectivity index (χ1v) is 8.68. The summed E-state index contributed by atoms with van der Waals surface area (Å²) in [5, 5.41) is 15.0. The summed E-state index contributed by atoms with van der Waals surface area (Å²) in [6, 6.07) is 8.41. The Morgan fingerprint density at radius 2 is 2.28 bits per heavy atom. The van der Waals surface area contributed by atoms with Crippen molar-refractivity contribution >= 4 is 23.2 Å². The summed E-state index contributed by atoms with van der Waals surface area (Å²) < 4.78 is 6.48. The van der Waals surface area contributed by atoms with E-state index in [1.807, 2.05) is 29.1 Å². The van der Waals surface area contributed by atoms with Crippen molar-refractivity contribution in [1.82, 2.24) is 20.3 Å². The first-order chi connectivity index (χ1) is 12.2. The van der Waals surface area contributed by atoms with Crippen molar-refractivity contribution in [3.05, 3.63) is 52.9 Å². The van der Waals surface area contributed by atoms with Crippen LogP contribution in [0.1, 0.15) is 16.8 Å². The average molecular weight is 354 g/mol. The van der Waals surface area contributed by atoms with Gasteiger partial charge in [-0.1, -0.05) is 11.3 Å². The molecule has 3 heterocycles. The summed E-state index contributed by atoms with van der Waals surface area (Å²) in [7, 11) is 0. The molecule has 25 heavy (non-hydrogen) atoms. The average Bonchev–Trinajstić information content (AvgIpc) is 3.37. The molecule has 1 amide bonds. The standard InChI is InChI=1S/C17H14N4O3S/c22-16(18-14-4-6-24-17(14)23)11-2-1-3-13(8-11)21-9-15(19-20-21)12-5-7-25-10-12/h1-3,5,7-10,14H,4,6H2,(H,18,22)/t14-/m0/s1. The molecule has 0 saturated carbocycles. The van der Waals surface area contributed by atoms with Crippen molar-refractivity contribution in [2.24, 2.45) is 0 Å². The minimum absolute atomic E-state index is 0.316. The summed E-state index contributed by atoms with van der Waals surface area (Å²) in [4.78, 5) is 23.8. The van der Waals surface area contributed by atoms with Crippen LogP contribution in [0.15, 0.2) is 47.3 Å². The maximum absolute atomic E-state index is 12.4. The number of cyclic esters (lactones) is 1. The van der Waals surface area contributed by atoms with Crippen LogP contribution in [0.5, 0.6) is 0 Å². The number of hydrogen-bond donors (Lipinski definition) is 1. The summed E-state index contributed by atoms with van der Waals surface area (Å²) >= 11 is 1.59. The summed E-state index contributed by atoms with van der Waals surface area (Å²) in [6.45, 7) is 0.341. The number of ether oxygens (including phenoxy) is 1. The van der Waals surface area contributed by atoms with Gasteiger partial charge in [0.05, 0.1) is 18.5 Å². The predicted molar refractivity (Wildman–Crippen MR) is 91.5 cm³/mol. The number of carbonyl (C=O) groups is 2. The van der Waals surface area contributed by atoms with E-state index in [1.54, 1.807) is 34.2 Å². The lowest BCUT2D eigenvalue weighted by Crippen LogP contribution is -2.37. The fraction of sp³-hybridized carbons (Fsp3) is 0.176. The molecule has 0 radical (unpaired) electrons. The summed E-state index contributed by atoms with van der Waals surface area (Å²) in [5.41, 5.74) is 2.94. The lowest BCUT2D eigenvalue weighted by atomic mass is 10.1. The third kappa shape index (κ3) is 3.16. The first kappa shape index (κ1) is 15.5. The van der Waals surface area contributed by atoms with E-state index in [2.05, 4.69) is 15.6 Å². The Morgan fingerprint density at radius 3 is 3.04 bits per heavy atom. The second-order valence-corrected chi connectivity index (χ2v) is 6.37. The lowest BCUT2D eigenvalue weighted by Gasteiger charge is -2.09. The Hall–Kier alpha value is -3.00. The van der Waals surface area contributed by atoms with Crippen molar-refractivity contribution < 1.29 is 14.3 Å². The summed E-state index contributed by atoms with van der Waals surface area (Å²) in [6.07, 6.45) is 2.31. The SMILES string of the molecule is O=C(N[C@H]1CCOC1=O)c1cccc(-n2cc(-c3ccsc3)nn2)c1. The molecule has 4 rings (SSSR count). The van der Waals surface area contributed by atoms with Gasteiger partial charge < -0.3 is 10.1 Å². The zero-order chi connectivity index (χ0) is 17.2. The molecule has 1 aromatic carbocycles. The van der Waals surface area contributed by atoms with Gasteiger partial charge in [0.25, 0.3) is 5.91 Å². The van der Waals surface area contributed by atoms with Crippen molar-refractivity contribution in [2.75, 3.05) is 6.61 Å². The Morgan fingerprint density at radius 1 is 1.36 bits per heavy atom. The van der Waals surface area contributed by atoms with E-state index < -0.39 is 6.04 Å². The molecule has 1 atom stereocenters. The molecule has 0 spiro atoms. The van der Waals surface area contributed by atoms with Gasteiger partial charge in [-0.15, -0.1) is 5.10 Å². The molecule has 0 bridgehead atoms. The number of nitrogens with one attached hydrogen (secondary N) is 1. The van der Waals surface area contributed by atoms with Gasteiger partial charge in [0.1, 0.15) is 11.7 Å². The largest absolute Gasteiger partial charge is 0.464 e. The Balaban J connectivity index is 1.55. The highest BCUT2D eigenvalue weighted by Crippen LogP contribution is 2.20. The Kier molecular flexibility index (Phi) is 4.02. The van der Waals surface area contributed by atoms with Crippen molar-refractivity contribution in [3.63, 3.8) is 0 Å². The number of carbonyl (C=O) groups excluding carboxylic acids is 2. The van der Waals surface area contributed by atoms with Crippen LogP contribution in [0.25, 0.3) is 16.9 Å². The zero-order valence-electron chi connectivity index (χ0n) is 13.1. The number of nitrogens with zero attached hydrogens (tertiary/aromatic N) is 3. The summed E-state index contributed by atoms with van der Waals surface area (Å²) in [5.74, 6) is -0.704. The lowest BCUT2D eigenvalue weighted by molar-refractivity contribution is -0.139. The van der Waals surface area contributed by atoms with E-state index in [1.165, 1.54) is 0 Å². The monoisotopic (exact) mass is 354 g/mol. The molecule has 8 heteroatoms. The van der Waals surface area contributed by atoms with Crippen LogP contribution in [0.2, 0.25) is 0 Å². The van der Waals surface area contributed by atoms with Crippen LogP contribution in [-0.4, -0.2) is 39.5 Å². The van der Waals surface area contributed by atoms with Crippen LogP contribution >= 0.6 is 11.3 Å². The minimum atomic E-state index is -0.576. The van der Waals surface area contributed by atoms with E-state index in [9.17, 15) is 9.59 Å². The van der Waals surface area contributed by atoms with Gasteiger partial charge in [-0.2, -0.15) is 11.3 Å². The molecule has 0 aliphatic carbocycles. The molecule has 1 fully saturated rings. The van der Waals surface area contributed by atoms with Gasteiger partial charge in [0.2, 0.25) is 0 Å². The van der Waals surface area contributed by atoms with Gasteiger partial charge in [-0.05, 0) is 29.6 Å². The molecule has 0 unspecified atom stereocenters. The fourth-order valence-corrected chi connectivity index (χ4v) is 3.24. The van der Waals surface area contributed by atoms with Crippen LogP contribution in [0.4, 0.5) is 0 Å². The molecule has 1 N–H and O–H groups in total. The number of amides is 1. The Bertz CT molecular complexity index is 920. The van der Waals surface area contributed by atoms with E-state index in [0.29, 0.717) is 18.6 Å². The van der Waals surface area contributed by atoms with Crippen LogP contribution in [0, 0.1) is 0 Å². The molecule has 2 aromatic heterocycles. The molecular formula is C17H14N4O3S. The van der Waals surface area contributed by atoms with Gasteiger partial charge in [0.15, 0.2) is 0 Å². The van der Waals surface area contributed by atoms with Crippen molar-refractivity contribution in [2.45, 2.75) is 12.5 Å². The molecular weight excluding hydrogens is 340 g/mol. The third-order valence-corrected chi connectivity index (χ3v) is 4.61. The number of rotatable bonds is 4. The second-order valence-electron chi connectivity index (χ2n) is 5.59. The highest BCUT2D eigenvalue weighted by molar-refractivity contribution is 7.08. The maximum Gasteiger partial charge on any atom is 0.328 e. The first-order valence-electron chi connectivity index (χ1n) is 7.73. The zero-order valence-corrected chi connectivity index (χ0v) is 13.9. The second kappa shape index (κ2) is 6.48. The van der Waals surface area contributed by atoms with Gasteiger partial charge in [-0.3, -0.25) is 4.79 Å².